The molecule has 0 spiro atoms. The maximum atomic E-state index is 5.05. The molecule has 4 nitrogen and oxygen atoms in total. The van der Waals surface area contributed by atoms with Gasteiger partial charge in [0.25, 0.3) is 0 Å². The zero-order valence-corrected chi connectivity index (χ0v) is 33.3. The molecule has 56 heavy (non-hydrogen) atoms. The van der Waals surface area contributed by atoms with Gasteiger partial charge in [0, 0.05) is 11.4 Å². The molecule has 6 heteroatoms. The van der Waals surface area contributed by atoms with E-state index in [0.29, 0.717) is 0 Å². The molecular formula is C50H42B2N4. The molecule has 8 aromatic rings. The summed E-state index contributed by atoms with van der Waals surface area (Å²) in [5.41, 5.74) is 25.1. The van der Waals surface area contributed by atoms with Crippen LogP contribution in [0.5, 0.6) is 0 Å². The Morgan fingerprint density at radius 1 is 0.411 bits per heavy atom. The van der Waals surface area contributed by atoms with Crippen LogP contribution in [0, 0.1) is 55.4 Å². The number of benzene rings is 6. The van der Waals surface area contributed by atoms with Crippen LogP contribution in [0.1, 0.15) is 44.8 Å². The first-order valence-electron chi connectivity index (χ1n) is 19.9. The smallest absolute Gasteiger partial charge is 0.248 e. The van der Waals surface area contributed by atoms with Crippen molar-refractivity contribution >= 4 is 102 Å². The van der Waals surface area contributed by atoms with Gasteiger partial charge in [-0.3, -0.25) is 9.97 Å². The number of rotatable bonds is 2. The lowest BCUT2D eigenvalue weighted by molar-refractivity contribution is 1.13. The minimum atomic E-state index is 0.0101. The van der Waals surface area contributed by atoms with Crippen LogP contribution >= 0.6 is 0 Å². The molecule has 0 atom stereocenters. The van der Waals surface area contributed by atoms with Crippen molar-refractivity contribution in [3.05, 3.63) is 154 Å². The van der Waals surface area contributed by atoms with Crippen LogP contribution in [-0.4, -0.2) is 23.4 Å². The van der Waals surface area contributed by atoms with E-state index >= 15 is 0 Å². The third-order valence-corrected chi connectivity index (χ3v) is 12.8. The first kappa shape index (κ1) is 33.2. The van der Waals surface area contributed by atoms with Gasteiger partial charge in [0.15, 0.2) is 0 Å². The number of anilines is 6. The number of pyridine rings is 2. The quantitative estimate of drug-likeness (QED) is 0.169. The van der Waals surface area contributed by atoms with Gasteiger partial charge in [0.05, 0.1) is 46.5 Å². The third kappa shape index (κ3) is 4.44. The van der Waals surface area contributed by atoms with Crippen molar-refractivity contribution in [1.82, 2.24) is 9.97 Å². The van der Waals surface area contributed by atoms with Crippen LogP contribution in [0.3, 0.4) is 0 Å². The Kier molecular flexibility index (Phi) is 6.94. The molecule has 3 aliphatic heterocycles. The van der Waals surface area contributed by atoms with E-state index in [4.69, 9.17) is 9.97 Å². The van der Waals surface area contributed by atoms with Crippen LogP contribution < -0.4 is 42.6 Å². The zero-order chi connectivity index (χ0) is 38.3. The van der Waals surface area contributed by atoms with Crippen molar-refractivity contribution in [3.8, 4) is 0 Å². The first-order chi connectivity index (χ1) is 27.1. The van der Waals surface area contributed by atoms with Crippen LogP contribution in [-0.2, 0) is 0 Å². The molecular weight excluding hydrogens is 678 g/mol. The van der Waals surface area contributed by atoms with Crippen molar-refractivity contribution in [1.29, 1.82) is 0 Å². The Hall–Kier alpha value is -6.13. The Balaban J connectivity index is 1.35. The second kappa shape index (κ2) is 11.7. The lowest BCUT2D eigenvalue weighted by Crippen LogP contribution is -2.62. The van der Waals surface area contributed by atoms with Gasteiger partial charge >= 0.3 is 0 Å². The highest BCUT2D eigenvalue weighted by molar-refractivity contribution is 7.01. The summed E-state index contributed by atoms with van der Waals surface area (Å²) in [5.74, 6) is 0. The Morgan fingerprint density at radius 3 is 1.18 bits per heavy atom. The van der Waals surface area contributed by atoms with E-state index in [1.165, 1.54) is 110 Å². The maximum Gasteiger partial charge on any atom is 0.248 e. The van der Waals surface area contributed by atoms with Gasteiger partial charge in [-0.15, -0.1) is 0 Å². The summed E-state index contributed by atoms with van der Waals surface area (Å²) in [4.78, 5) is 15.3. The normalized spacial score (nSPS) is 13.6. The van der Waals surface area contributed by atoms with E-state index in [0.717, 1.165) is 22.8 Å². The van der Waals surface area contributed by atoms with Crippen LogP contribution in [0.25, 0.3) is 21.5 Å². The second-order valence-electron chi connectivity index (χ2n) is 16.7. The summed E-state index contributed by atoms with van der Waals surface area (Å²) in [6.45, 7) is 17.9. The highest BCUT2D eigenvalue weighted by Gasteiger charge is 2.48. The number of aryl methyl sites for hydroxylation is 8. The number of nitrogens with zero attached hydrogens (tertiary/aromatic N) is 4. The lowest BCUT2D eigenvalue weighted by Gasteiger charge is -2.49. The summed E-state index contributed by atoms with van der Waals surface area (Å²) >= 11 is 0. The van der Waals surface area contributed by atoms with Crippen molar-refractivity contribution < 1.29 is 0 Å². The summed E-state index contributed by atoms with van der Waals surface area (Å²) in [5, 5.41) is 5.05. The Labute approximate surface area is 330 Å². The predicted molar refractivity (Wildman–Crippen MR) is 240 cm³/mol. The summed E-state index contributed by atoms with van der Waals surface area (Å²) in [6.07, 6.45) is 4.28. The maximum absolute atomic E-state index is 5.05. The first-order valence-corrected chi connectivity index (χ1v) is 19.9. The van der Waals surface area contributed by atoms with Crippen LogP contribution in [0.15, 0.2) is 109 Å². The average molecular weight is 721 g/mol. The van der Waals surface area contributed by atoms with Crippen molar-refractivity contribution in [2.75, 3.05) is 9.80 Å². The summed E-state index contributed by atoms with van der Waals surface area (Å²) in [7, 11) is 0. The molecule has 6 aromatic carbocycles. The fourth-order valence-corrected chi connectivity index (χ4v) is 11.0. The zero-order valence-electron chi connectivity index (χ0n) is 33.3. The van der Waals surface area contributed by atoms with E-state index in [-0.39, 0.29) is 13.4 Å². The predicted octanol–water partition coefficient (Wildman–Crippen LogP) is 8.16. The topological polar surface area (TPSA) is 32.3 Å². The minimum absolute atomic E-state index is 0.0101. The van der Waals surface area contributed by atoms with Gasteiger partial charge in [-0.05, 0) is 123 Å². The molecule has 0 fully saturated rings. The summed E-state index contributed by atoms with van der Waals surface area (Å²) in [6, 6.07) is 37.1. The van der Waals surface area contributed by atoms with E-state index < -0.39 is 0 Å². The fraction of sp³-hybridized carbons (Fsp3) is 0.160. The number of fused-ring (bicyclic) bond motifs is 10. The molecule has 3 aliphatic rings. The molecule has 0 saturated carbocycles. The molecule has 2 aromatic heterocycles. The SMILES string of the molecule is Cc1cc(C)c(B2c3cc(C)ncc3N3c4cc5ccccc5c5c4N(c4cnc(C)cc4B5c4c(C)cc(C)cc4C)c4cc5ccccc5c2c43)c(C)c1. The molecule has 0 bridgehead atoms. The molecule has 0 unspecified atom stereocenters. The largest absolute Gasteiger partial charge is 0.306 e. The number of hydrogen-bond acceptors (Lipinski definition) is 4. The third-order valence-electron chi connectivity index (χ3n) is 12.8. The standard InChI is InChI=1S/C50H42B2N4/c1-27-17-29(3)45(30(4)18-27)51-39-21-33(7)53-25-43(39)55-42-24-36-14-10-12-16-38(36)48-50(42)56(41-23-35-13-9-11-15-37(35)47(51)49(41)55)44-26-54-34(8)22-40(44)52(48)46-31(5)19-28(2)20-32(46)6/h9-26H,1-8H3. The Bertz CT molecular complexity index is 2800. The van der Waals surface area contributed by atoms with E-state index in [9.17, 15) is 0 Å². The van der Waals surface area contributed by atoms with Crippen LogP contribution in [0.2, 0.25) is 0 Å². The van der Waals surface area contributed by atoms with E-state index in [2.05, 4.69) is 175 Å². The van der Waals surface area contributed by atoms with Crippen molar-refractivity contribution in [2.45, 2.75) is 55.4 Å². The number of aromatic nitrogens is 2. The highest BCUT2D eigenvalue weighted by Crippen LogP contribution is 2.56. The van der Waals surface area contributed by atoms with E-state index in [1.54, 1.807) is 0 Å². The second-order valence-corrected chi connectivity index (χ2v) is 16.7. The van der Waals surface area contributed by atoms with Gasteiger partial charge in [-0.25, -0.2) is 0 Å². The summed E-state index contributed by atoms with van der Waals surface area (Å²) < 4.78 is 0. The van der Waals surface area contributed by atoms with Gasteiger partial charge in [0.1, 0.15) is 0 Å². The molecule has 0 radical (unpaired) electrons. The van der Waals surface area contributed by atoms with Gasteiger partial charge in [-0.2, -0.15) is 0 Å². The van der Waals surface area contributed by atoms with Gasteiger partial charge < -0.3 is 9.80 Å². The van der Waals surface area contributed by atoms with Crippen molar-refractivity contribution in [3.63, 3.8) is 0 Å². The van der Waals surface area contributed by atoms with Gasteiger partial charge in [0.2, 0.25) is 13.4 Å². The molecule has 11 rings (SSSR count). The fourth-order valence-electron chi connectivity index (χ4n) is 11.0. The van der Waals surface area contributed by atoms with Gasteiger partial charge in [-0.1, -0.05) is 117 Å². The Morgan fingerprint density at radius 2 is 0.786 bits per heavy atom. The molecule has 0 saturated heterocycles. The van der Waals surface area contributed by atoms with Crippen molar-refractivity contribution in [2.24, 2.45) is 0 Å². The molecule has 0 amide bonds. The molecule has 5 heterocycles. The molecule has 0 N–H and O–H groups in total. The van der Waals surface area contributed by atoms with E-state index in [1.807, 2.05) is 0 Å². The van der Waals surface area contributed by atoms with Crippen LogP contribution in [0.4, 0.5) is 34.1 Å². The molecule has 0 aliphatic carbocycles. The average Bonchev–Trinajstić information content (AvgIpc) is 3.16. The number of hydrogen-bond donors (Lipinski definition) is 0. The monoisotopic (exact) mass is 720 g/mol. The minimum Gasteiger partial charge on any atom is -0.306 e. The molecule has 268 valence electrons. The highest BCUT2D eigenvalue weighted by atomic mass is 15.3. The lowest BCUT2D eigenvalue weighted by atomic mass is 9.32.